The van der Waals surface area contributed by atoms with E-state index < -0.39 is 28.5 Å². The quantitative estimate of drug-likeness (QED) is 0.557. The van der Waals surface area contributed by atoms with Crippen LogP contribution in [0.1, 0.15) is 24.2 Å². The molecule has 0 saturated heterocycles. The van der Waals surface area contributed by atoms with Gasteiger partial charge in [-0.15, -0.1) is 0 Å². The van der Waals surface area contributed by atoms with Crippen LogP contribution in [0.15, 0.2) is 51.8 Å². The summed E-state index contributed by atoms with van der Waals surface area (Å²) in [5.74, 6) is -0.941. The van der Waals surface area contributed by atoms with E-state index in [1.807, 2.05) is 0 Å². The molecule has 0 saturated carbocycles. The van der Waals surface area contributed by atoms with Crippen molar-refractivity contribution in [1.82, 2.24) is 4.72 Å². The van der Waals surface area contributed by atoms with Crippen molar-refractivity contribution in [2.45, 2.75) is 24.8 Å². The molecule has 0 aliphatic rings. The maximum Gasteiger partial charge on any atom is 0.339 e. The Morgan fingerprint density at radius 3 is 2.48 bits per heavy atom. The SMILES string of the molecule is COc1ccccc1NC(=O)COC(=O)c1cc(S(=O)(=O)NC(C)C)ccc1Br. The van der Waals surface area contributed by atoms with Gasteiger partial charge in [-0.2, -0.15) is 0 Å². The topological polar surface area (TPSA) is 111 Å². The highest BCUT2D eigenvalue weighted by Gasteiger charge is 2.21. The fourth-order valence-corrected chi connectivity index (χ4v) is 4.03. The van der Waals surface area contributed by atoms with Crippen molar-refractivity contribution < 1.29 is 27.5 Å². The van der Waals surface area contributed by atoms with Crippen LogP contribution < -0.4 is 14.8 Å². The van der Waals surface area contributed by atoms with E-state index in [0.717, 1.165) is 0 Å². The molecule has 0 aromatic heterocycles. The molecule has 2 N–H and O–H groups in total. The Bertz CT molecular complexity index is 1010. The van der Waals surface area contributed by atoms with E-state index in [1.54, 1.807) is 38.1 Å². The first-order valence-corrected chi connectivity index (χ1v) is 10.8. The summed E-state index contributed by atoms with van der Waals surface area (Å²) >= 11 is 3.20. The van der Waals surface area contributed by atoms with Gasteiger partial charge in [0.05, 0.1) is 23.3 Å². The molecule has 2 aromatic rings. The Balaban J connectivity index is 2.09. The zero-order valence-electron chi connectivity index (χ0n) is 16.1. The summed E-state index contributed by atoms with van der Waals surface area (Å²) in [5.41, 5.74) is 0.423. The van der Waals surface area contributed by atoms with Crippen molar-refractivity contribution in [2.24, 2.45) is 0 Å². The van der Waals surface area contributed by atoms with Crippen molar-refractivity contribution in [2.75, 3.05) is 19.0 Å². The Morgan fingerprint density at radius 1 is 1.14 bits per heavy atom. The fourth-order valence-electron chi connectivity index (χ4n) is 2.35. The molecule has 0 aliphatic heterocycles. The smallest absolute Gasteiger partial charge is 0.339 e. The third kappa shape index (κ3) is 6.28. The third-order valence-electron chi connectivity index (χ3n) is 3.57. The van der Waals surface area contributed by atoms with Crippen LogP contribution >= 0.6 is 15.9 Å². The van der Waals surface area contributed by atoms with E-state index in [2.05, 4.69) is 26.0 Å². The Hall–Kier alpha value is -2.43. The monoisotopic (exact) mass is 484 g/mol. The number of esters is 1. The zero-order valence-corrected chi connectivity index (χ0v) is 18.5. The minimum absolute atomic E-state index is 0.0123. The molecule has 8 nitrogen and oxygen atoms in total. The van der Waals surface area contributed by atoms with Crippen LogP contribution in [0.25, 0.3) is 0 Å². The number of carbonyl (C=O) groups is 2. The highest BCUT2D eigenvalue weighted by atomic mass is 79.9. The molecule has 0 fully saturated rings. The molecule has 10 heteroatoms. The second-order valence-electron chi connectivity index (χ2n) is 6.24. The molecule has 2 rings (SSSR count). The van der Waals surface area contributed by atoms with Gasteiger partial charge in [-0.3, -0.25) is 4.79 Å². The van der Waals surface area contributed by atoms with Gasteiger partial charge in [0.25, 0.3) is 5.91 Å². The van der Waals surface area contributed by atoms with Crippen molar-refractivity contribution in [1.29, 1.82) is 0 Å². The van der Waals surface area contributed by atoms with Gasteiger partial charge >= 0.3 is 5.97 Å². The molecule has 1 amide bonds. The number of anilines is 1. The maximum atomic E-state index is 12.4. The van der Waals surface area contributed by atoms with Crippen molar-refractivity contribution in [3.8, 4) is 5.75 Å². The molecule has 29 heavy (non-hydrogen) atoms. The number of nitrogens with one attached hydrogen (secondary N) is 2. The average Bonchev–Trinajstić information content (AvgIpc) is 2.65. The van der Waals surface area contributed by atoms with Crippen LogP contribution in [0.4, 0.5) is 5.69 Å². The van der Waals surface area contributed by atoms with Gasteiger partial charge < -0.3 is 14.8 Å². The van der Waals surface area contributed by atoms with Crippen LogP contribution in [-0.4, -0.2) is 40.1 Å². The summed E-state index contributed by atoms with van der Waals surface area (Å²) in [7, 11) is -2.31. The Kier molecular flexibility index (Phi) is 7.77. The van der Waals surface area contributed by atoms with Crippen LogP contribution in [0.3, 0.4) is 0 Å². The highest BCUT2D eigenvalue weighted by molar-refractivity contribution is 9.10. The number of para-hydroxylation sites is 2. The molecule has 156 valence electrons. The lowest BCUT2D eigenvalue weighted by Crippen LogP contribution is -2.30. The van der Waals surface area contributed by atoms with E-state index in [1.165, 1.54) is 25.3 Å². The predicted octanol–water partition coefficient (Wildman–Crippen LogP) is 2.94. The number of benzene rings is 2. The van der Waals surface area contributed by atoms with Crippen molar-refractivity contribution >= 4 is 43.5 Å². The van der Waals surface area contributed by atoms with Crippen LogP contribution in [-0.2, 0) is 19.6 Å². The molecule has 0 bridgehead atoms. The number of methoxy groups -OCH3 is 1. The minimum Gasteiger partial charge on any atom is -0.495 e. The van der Waals surface area contributed by atoms with Gasteiger partial charge in [0.2, 0.25) is 10.0 Å². The first-order valence-electron chi connectivity index (χ1n) is 8.56. The molecule has 0 unspecified atom stereocenters. The molecule has 0 atom stereocenters. The van der Waals surface area contributed by atoms with Crippen LogP contribution in [0, 0.1) is 0 Å². The molecule has 0 radical (unpaired) electrons. The number of amides is 1. The number of carbonyl (C=O) groups excluding carboxylic acids is 2. The first kappa shape index (κ1) is 22.9. The fraction of sp³-hybridized carbons (Fsp3) is 0.263. The van der Waals surface area contributed by atoms with Gasteiger partial charge in [0.1, 0.15) is 5.75 Å². The standard InChI is InChI=1S/C19H21BrN2O6S/c1-12(2)22-29(25,26)13-8-9-15(20)14(10-13)19(24)28-11-18(23)21-16-6-4-5-7-17(16)27-3/h4-10,12,22H,11H2,1-3H3,(H,21,23). The van der Waals surface area contributed by atoms with E-state index in [9.17, 15) is 18.0 Å². The number of rotatable bonds is 8. The van der Waals surface area contributed by atoms with Crippen LogP contribution in [0.5, 0.6) is 5.75 Å². The highest BCUT2D eigenvalue weighted by Crippen LogP contribution is 2.24. The second-order valence-corrected chi connectivity index (χ2v) is 8.81. The lowest BCUT2D eigenvalue weighted by molar-refractivity contribution is -0.119. The van der Waals surface area contributed by atoms with Crippen LogP contribution in [0.2, 0.25) is 0 Å². The number of hydrogen-bond donors (Lipinski definition) is 2. The summed E-state index contributed by atoms with van der Waals surface area (Å²) in [6, 6.07) is 10.5. The van der Waals surface area contributed by atoms with Gasteiger partial charge in [-0.1, -0.05) is 12.1 Å². The normalized spacial score (nSPS) is 11.2. The Labute approximate surface area is 177 Å². The second kappa shape index (κ2) is 9.86. The summed E-state index contributed by atoms with van der Waals surface area (Å²) in [4.78, 5) is 24.4. The summed E-state index contributed by atoms with van der Waals surface area (Å²) in [6.45, 7) is 2.82. The molecular weight excluding hydrogens is 464 g/mol. The summed E-state index contributed by atoms with van der Waals surface area (Å²) in [6.07, 6.45) is 0. The third-order valence-corrected chi connectivity index (χ3v) is 5.92. The van der Waals surface area contributed by atoms with E-state index in [4.69, 9.17) is 9.47 Å². The number of hydrogen-bond acceptors (Lipinski definition) is 6. The maximum absolute atomic E-state index is 12.4. The van der Waals surface area contributed by atoms with Crippen molar-refractivity contribution in [3.05, 3.63) is 52.5 Å². The predicted molar refractivity (Wildman–Crippen MR) is 112 cm³/mol. The van der Waals surface area contributed by atoms with Gasteiger partial charge in [0.15, 0.2) is 6.61 Å². The number of halogens is 1. The summed E-state index contributed by atoms with van der Waals surface area (Å²) in [5, 5.41) is 2.58. The lowest BCUT2D eigenvalue weighted by Gasteiger charge is -2.12. The van der Waals surface area contributed by atoms with E-state index in [-0.39, 0.29) is 16.5 Å². The first-order chi connectivity index (χ1) is 13.6. The van der Waals surface area contributed by atoms with Gasteiger partial charge in [0, 0.05) is 10.5 Å². The zero-order chi connectivity index (χ0) is 21.6. The largest absolute Gasteiger partial charge is 0.495 e. The summed E-state index contributed by atoms with van der Waals surface area (Å²) < 4.78 is 37.6. The molecule has 2 aromatic carbocycles. The Morgan fingerprint density at radius 2 is 1.83 bits per heavy atom. The molecule has 0 aliphatic carbocycles. The number of sulfonamides is 1. The van der Waals surface area contributed by atoms with Crippen molar-refractivity contribution in [3.63, 3.8) is 0 Å². The average molecular weight is 485 g/mol. The molecule has 0 spiro atoms. The van der Waals surface area contributed by atoms with E-state index in [0.29, 0.717) is 15.9 Å². The molecule has 0 heterocycles. The van der Waals surface area contributed by atoms with Gasteiger partial charge in [-0.25, -0.2) is 17.9 Å². The molecular formula is C19H21BrN2O6S. The van der Waals surface area contributed by atoms with Gasteiger partial charge in [-0.05, 0) is 60.1 Å². The minimum atomic E-state index is -3.78. The van der Waals surface area contributed by atoms with E-state index >= 15 is 0 Å². The lowest BCUT2D eigenvalue weighted by atomic mass is 10.2. The number of ether oxygens (including phenoxy) is 2.